The number of ketones is 1. The molecule has 240 valence electrons. The van der Waals surface area contributed by atoms with E-state index in [-0.39, 0.29) is 38.6 Å². The number of esters is 2. The fourth-order valence-corrected chi connectivity index (χ4v) is 3.46. The third kappa shape index (κ3) is 30.7. The van der Waals surface area contributed by atoms with E-state index in [4.69, 9.17) is 38.3 Å². The molecule has 12 heteroatoms. The van der Waals surface area contributed by atoms with Crippen LogP contribution in [0.25, 0.3) is 0 Å². The van der Waals surface area contributed by atoms with Gasteiger partial charge >= 0.3 is 17.9 Å². The molecule has 0 aliphatic carbocycles. The molecule has 0 saturated heterocycles. The summed E-state index contributed by atoms with van der Waals surface area (Å²) in [6.07, 6.45) is 10.8. The molecule has 0 unspecified atom stereocenters. The zero-order valence-corrected chi connectivity index (χ0v) is 24.9. The number of Topliss-reactive ketones (excluding diaryl/α,β-unsaturated/α-hetero) is 1. The Bertz CT molecular complexity index is 656. The van der Waals surface area contributed by atoms with Crippen LogP contribution in [0.4, 0.5) is 0 Å². The van der Waals surface area contributed by atoms with Crippen molar-refractivity contribution in [3.8, 4) is 0 Å². The van der Waals surface area contributed by atoms with Crippen molar-refractivity contribution in [3.05, 3.63) is 0 Å². The van der Waals surface area contributed by atoms with Gasteiger partial charge in [-0.1, -0.05) is 58.3 Å². The molecule has 0 atom stereocenters. The zero-order valence-electron chi connectivity index (χ0n) is 24.9. The van der Waals surface area contributed by atoms with E-state index in [1.807, 2.05) is 0 Å². The molecule has 0 spiro atoms. The minimum atomic E-state index is -1.56. The Morgan fingerprint density at radius 2 is 0.780 bits per heavy atom. The molecule has 0 aliphatic rings. The second-order valence-electron chi connectivity index (χ2n) is 9.31. The van der Waals surface area contributed by atoms with Gasteiger partial charge in [-0.3, -0.25) is 14.4 Å². The molecule has 0 radical (unpaired) electrons. The Morgan fingerprint density at radius 1 is 0.439 bits per heavy atom. The Hall–Kier alpha value is -2.12. The van der Waals surface area contributed by atoms with Gasteiger partial charge < -0.3 is 38.3 Å². The van der Waals surface area contributed by atoms with Crippen molar-refractivity contribution in [1.82, 2.24) is 0 Å². The van der Waals surface area contributed by atoms with Crippen LogP contribution in [0.3, 0.4) is 0 Å². The van der Waals surface area contributed by atoms with E-state index in [1.54, 1.807) is 0 Å². The van der Waals surface area contributed by atoms with Crippen LogP contribution in [0.5, 0.6) is 0 Å². The van der Waals surface area contributed by atoms with E-state index in [9.17, 15) is 19.2 Å². The number of unbranched alkanes of at least 4 members (excludes halogenated alkanes) is 8. The molecule has 0 rings (SSSR count). The van der Waals surface area contributed by atoms with E-state index in [0.29, 0.717) is 65.9 Å². The monoisotopic (exact) mass is 592 g/mol. The lowest BCUT2D eigenvalue weighted by atomic mass is 10.1. The molecule has 0 bridgehead atoms. The average Bonchev–Trinajstić information content (AvgIpc) is 2.96. The highest BCUT2D eigenvalue weighted by molar-refractivity contribution is 6.32. The smallest absolute Gasteiger partial charge is 0.372 e. The van der Waals surface area contributed by atoms with Gasteiger partial charge in [-0.15, -0.1) is 0 Å². The molecular formula is C29H52O12. The fourth-order valence-electron chi connectivity index (χ4n) is 3.46. The summed E-state index contributed by atoms with van der Waals surface area (Å²) in [5.74, 6) is -3.39. The molecule has 0 aromatic rings. The van der Waals surface area contributed by atoms with E-state index >= 15 is 0 Å². The SMILES string of the molecule is CCCCCCCCCCCC(=O)OCCOCCOCCOCCOCCOCCOC(=O)CCC(=O)C(=O)O. The first-order valence-electron chi connectivity index (χ1n) is 14.9. The zero-order chi connectivity index (χ0) is 30.2. The number of aliphatic carboxylic acids is 1. The average molecular weight is 593 g/mol. The molecule has 1 N–H and O–H groups in total. The minimum Gasteiger partial charge on any atom is -0.476 e. The standard InChI is InChI=1S/C29H52O12/c1-2-3-4-5-6-7-8-9-10-11-27(31)40-24-22-38-20-18-36-16-14-35-15-17-37-19-21-39-23-25-41-28(32)13-12-26(30)29(33)34/h2-25H2,1H3,(H,33,34). The largest absolute Gasteiger partial charge is 0.476 e. The molecule has 0 heterocycles. The molecule has 0 aromatic carbocycles. The number of carbonyl (C=O) groups excluding carboxylic acids is 3. The predicted octanol–water partition coefficient (Wildman–Crippen LogP) is 3.51. The van der Waals surface area contributed by atoms with Gasteiger partial charge in [0, 0.05) is 12.8 Å². The van der Waals surface area contributed by atoms with Gasteiger partial charge in [-0.2, -0.15) is 0 Å². The van der Waals surface area contributed by atoms with Gasteiger partial charge in [0.1, 0.15) is 13.2 Å². The Kier molecular flexibility index (Phi) is 29.2. The molecular weight excluding hydrogens is 540 g/mol. The predicted molar refractivity (Wildman–Crippen MR) is 150 cm³/mol. The number of carboxylic acid groups (broad SMARTS) is 1. The molecule has 12 nitrogen and oxygen atoms in total. The maximum atomic E-state index is 11.7. The van der Waals surface area contributed by atoms with Gasteiger partial charge in [0.25, 0.3) is 0 Å². The highest BCUT2D eigenvalue weighted by Gasteiger charge is 2.14. The Morgan fingerprint density at radius 3 is 1.17 bits per heavy atom. The quantitative estimate of drug-likeness (QED) is 0.0691. The third-order valence-electron chi connectivity index (χ3n) is 5.75. The van der Waals surface area contributed by atoms with Crippen LogP contribution in [0.15, 0.2) is 0 Å². The van der Waals surface area contributed by atoms with Crippen LogP contribution in [0, 0.1) is 0 Å². The van der Waals surface area contributed by atoms with Gasteiger partial charge in [-0.05, 0) is 6.42 Å². The van der Waals surface area contributed by atoms with Crippen LogP contribution in [-0.4, -0.2) is 108 Å². The summed E-state index contributed by atoms with van der Waals surface area (Å²) in [7, 11) is 0. The van der Waals surface area contributed by atoms with E-state index < -0.39 is 17.7 Å². The topological polar surface area (TPSA) is 153 Å². The fraction of sp³-hybridized carbons (Fsp3) is 0.862. The third-order valence-corrected chi connectivity index (χ3v) is 5.75. The summed E-state index contributed by atoms with van der Waals surface area (Å²) < 4.78 is 36.8. The summed E-state index contributed by atoms with van der Waals surface area (Å²) in [6, 6.07) is 0. The van der Waals surface area contributed by atoms with Crippen molar-refractivity contribution in [3.63, 3.8) is 0 Å². The molecule has 0 aliphatic heterocycles. The lowest BCUT2D eigenvalue weighted by Crippen LogP contribution is -2.17. The molecule has 0 aromatic heterocycles. The normalized spacial score (nSPS) is 11.0. The number of hydrogen-bond donors (Lipinski definition) is 1. The van der Waals surface area contributed by atoms with E-state index in [1.165, 1.54) is 44.9 Å². The number of hydrogen-bond acceptors (Lipinski definition) is 11. The van der Waals surface area contributed by atoms with Crippen LogP contribution in [0.1, 0.15) is 84.0 Å². The summed E-state index contributed by atoms with van der Waals surface area (Å²) in [6.45, 7) is 6.22. The molecule has 0 amide bonds. The summed E-state index contributed by atoms with van der Waals surface area (Å²) in [5.41, 5.74) is 0. The van der Waals surface area contributed by atoms with Gasteiger partial charge in [0.05, 0.1) is 72.5 Å². The second-order valence-corrected chi connectivity index (χ2v) is 9.31. The highest BCUT2D eigenvalue weighted by Crippen LogP contribution is 2.10. The van der Waals surface area contributed by atoms with Crippen molar-refractivity contribution >= 4 is 23.7 Å². The van der Waals surface area contributed by atoms with Crippen molar-refractivity contribution in [2.75, 3.05) is 79.3 Å². The maximum Gasteiger partial charge on any atom is 0.372 e. The Labute approximate surface area is 244 Å². The number of carboxylic acids is 1. The summed E-state index contributed by atoms with van der Waals surface area (Å²) in [4.78, 5) is 44.3. The lowest BCUT2D eigenvalue weighted by Gasteiger charge is -2.08. The number of carbonyl (C=O) groups is 4. The lowest BCUT2D eigenvalue weighted by molar-refractivity contribution is -0.151. The van der Waals surface area contributed by atoms with Gasteiger partial charge in [0.15, 0.2) is 0 Å². The van der Waals surface area contributed by atoms with Crippen molar-refractivity contribution in [1.29, 1.82) is 0 Å². The molecule has 0 saturated carbocycles. The van der Waals surface area contributed by atoms with Crippen LogP contribution in [-0.2, 0) is 52.3 Å². The summed E-state index contributed by atoms with van der Waals surface area (Å²) >= 11 is 0. The van der Waals surface area contributed by atoms with Gasteiger partial charge in [0.2, 0.25) is 5.78 Å². The maximum absolute atomic E-state index is 11.7. The molecule has 0 fully saturated rings. The molecule has 41 heavy (non-hydrogen) atoms. The van der Waals surface area contributed by atoms with Crippen LogP contribution in [0.2, 0.25) is 0 Å². The summed E-state index contributed by atoms with van der Waals surface area (Å²) in [5, 5.41) is 8.43. The van der Waals surface area contributed by atoms with Gasteiger partial charge in [-0.25, -0.2) is 4.79 Å². The number of rotatable bonds is 32. The first-order valence-corrected chi connectivity index (χ1v) is 14.9. The van der Waals surface area contributed by atoms with Crippen molar-refractivity contribution < 1.29 is 57.4 Å². The Balaban J connectivity index is 3.22. The highest BCUT2D eigenvalue weighted by atomic mass is 16.6. The minimum absolute atomic E-state index is 0.0150. The first kappa shape index (κ1) is 38.9. The number of ether oxygens (including phenoxy) is 7. The van der Waals surface area contributed by atoms with Crippen LogP contribution < -0.4 is 0 Å². The van der Waals surface area contributed by atoms with Crippen LogP contribution >= 0.6 is 0 Å². The van der Waals surface area contributed by atoms with E-state index in [0.717, 1.165) is 12.8 Å². The first-order chi connectivity index (χ1) is 20.0. The second kappa shape index (κ2) is 30.8. The van der Waals surface area contributed by atoms with E-state index in [2.05, 4.69) is 6.92 Å². The van der Waals surface area contributed by atoms with Crippen molar-refractivity contribution in [2.45, 2.75) is 84.0 Å². The van der Waals surface area contributed by atoms with Crippen molar-refractivity contribution in [2.24, 2.45) is 0 Å².